The van der Waals surface area contributed by atoms with E-state index >= 15 is 0 Å². The highest BCUT2D eigenvalue weighted by molar-refractivity contribution is 5.93. The minimum Gasteiger partial charge on any atom is -0.507 e. The lowest BCUT2D eigenvalue weighted by molar-refractivity contribution is 0.388. The summed E-state index contributed by atoms with van der Waals surface area (Å²) < 4.78 is 6.25. The molecule has 4 rings (SSSR count). The van der Waals surface area contributed by atoms with Crippen LogP contribution in [-0.4, -0.2) is 25.5 Å². The predicted molar refractivity (Wildman–Crippen MR) is 144 cm³/mol. The molecular formula is C30H32O7. The Morgan fingerprint density at radius 3 is 2.08 bits per heavy atom. The van der Waals surface area contributed by atoms with Crippen LogP contribution in [0, 0.1) is 0 Å². The second-order valence-corrected chi connectivity index (χ2v) is 10.2. The summed E-state index contributed by atoms with van der Waals surface area (Å²) in [6.45, 7) is 13.3. The third kappa shape index (κ3) is 4.24. The first-order chi connectivity index (χ1) is 17.3. The first-order valence-electron chi connectivity index (χ1n) is 12.1. The molecule has 2 aromatic carbocycles. The van der Waals surface area contributed by atoms with E-state index in [-0.39, 0.29) is 75.5 Å². The van der Waals surface area contributed by atoms with Crippen LogP contribution in [0.15, 0.2) is 50.7 Å². The average molecular weight is 505 g/mol. The van der Waals surface area contributed by atoms with Gasteiger partial charge in [0.05, 0.1) is 5.56 Å². The third-order valence-corrected chi connectivity index (χ3v) is 6.88. The van der Waals surface area contributed by atoms with E-state index < -0.39 is 22.8 Å². The van der Waals surface area contributed by atoms with Gasteiger partial charge in [0.2, 0.25) is 0 Å². The van der Waals surface area contributed by atoms with E-state index in [9.17, 15) is 30.3 Å². The Morgan fingerprint density at radius 1 is 0.919 bits per heavy atom. The fraction of sp³-hybridized carbons (Fsp3) is 0.300. The molecule has 37 heavy (non-hydrogen) atoms. The molecule has 7 heteroatoms. The molecule has 3 aromatic rings. The number of hydrogen-bond donors (Lipinski definition) is 5. The first kappa shape index (κ1) is 25.9. The van der Waals surface area contributed by atoms with Gasteiger partial charge in [0.1, 0.15) is 34.0 Å². The van der Waals surface area contributed by atoms with E-state index in [4.69, 9.17) is 4.42 Å². The van der Waals surface area contributed by atoms with Gasteiger partial charge in [-0.25, -0.2) is 0 Å². The van der Waals surface area contributed by atoms with Crippen LogP contribution in [0.4, 0.5) is 0 Å². The summed E-state index contributed by atoms with van der Waals surface area (Å²) in [6.07, 6.45) is 4.27. The Hall–Kier alpha value is -4.13. The molecule has 7 nitrogen and oxygen atoms in total. The maximum Gasteiger partial charge on any atom is 0.200 e. The fourth-order valence-electron chi connectivity index (χ4n) is 4.90. The molecule has 0 amide bonds. The van der Waals surface area contributed by atoms with Crippen molar-refractivity contribution in [3.05, 3.63) is 74.0 Å². The van der Waals surface area contributed by atoms with Crippen LogP contribution < -0.4 is 5.43 Å². The maximum absolute atomic E-state index is 14.0. The Bertz CT molecular complexity index is 1580. The zero-order valence-corrected chi connectivity index (χ0v) is 21.7. The van der Waals surface area contributed by atoms with Crippen molar-refractivity contribution >= 4 is 11.0 Å². The van der Waals surface area contributed by atoms with Gasteiger partial charge in [-0.15, -0.1) is 0 Å². The average Bonchev–Trinajstić information content (AvgIpc) is 2.80. The van der Waals surface area contributed by atoms with Crippen molar-refractivity contribution in [1.29, 1.82) is 0 Å². The van der Waals surface area contributed by atoms with E-state index in [2.05, 4.69) is 6.58 Å². The third-order valence-electron chi connectivity index (χ3n) is 6.88. The van der Waals surface area contributed by atoms with E-state index in [1.54, 1.807) is 6.92 Å². The van der Waals surface area contributed by atoms with Gasteiger partial charge in [0, 0.05) is 34.2 Å². The normalized spacial score (nSPS) is 14.1. The summed E-state index contributed by atoms with van der Waals surface area (Å²) in [5.74, 6) is -2.39. The molecule has 0 radical (unpaired) electrons. The Labute approximate surface area is 215 Å². The van der Waals surface area contributed by atoms with Crippen LogP contribution in [0.1, 0.15) is 62.8 Å². The Morgan fingerprint density at radius 2 is 1.51 bits per heavy atom. The van der Waals surface area contributed by atoms with Gasteiger partial charge in [0.25, 0.3) is 0 Å². The van der Waals surface area contributed by atoms with E-state index in [0.717, 1.165) is 17.2 Å². The van der Waals surface area contributed by atoms with Crippen LogP contribution in [-0.2, 0) is 19.3 Å². The summed E-state index contributed by atoms with van der Waals surface area (Å²) in [7, 11) is 0. The lowest BCUT2D eigenvalue weighted by Crippen LogP contribution is -2.21. The summed E-state index contributed by atoms with van der Waals surface area (Å²) in [4.78, 5) is 14.0. The van der Waals surface area contributed by atoms with Crippen molar-refractivity contribution in [3.63, 3.8) is 0 Å². The smallest absolute Gasteiger partial charge is 0.200 e. The second kappa shape index (κ2) is 9.39. The van der Waals surface area contributed by atoms with Crippen molar-refractivity contribution in [2.24, 2.45) is 0 Å². The number of phenols is 5. The minimum atomic E-state index is -0.588. The molecule has 0 bridgehead atoms. The van der Waals surface area contributed by atoms with Crippen LogP contribution in [0.2, 0.25) is 0 Å². The monoisotopic (exact) mass is 504 g/mol. The van der Waals surface area contributed by atoms with E-state index in [0.29, 0.717) is 11.1 Å². The summed E-state index contributed by atoms with van der Waals surface area (Å²) in [5.41, 5.74) is 3.14. The molecule has 0 saturated heterocycles. The highest BCUT2D eigenvalue weighted by Crippen LogP contribution is 2.53. The van der Waals surface area contributed by atoms with Crippen LogP contribution in [0.5, 0.6) is 28.7 Å². The Balaban J connectivity index is 2.18. The molecule has 0 spiro atoms. The number of phenolic OH excluding ortho intramolecular Hbond substituents is 5. The number of fused-ring (bicyclic) bond motifs is 4. The van der Waals surface area contributed by atoms with Gasteiger partial charge in [-0.05, 0) is 53.9 Å². The number of hydrogen-bond acceptors (Lipinski definition) is 7. The van der Waals surface area contributed by atoms with Crippen molar-refractivity contribution in [2.45, 2.75) is 59.8 Å². The highest BCUT2D eigenvalue weighted by Gasteiger charge is 2.37. The molecule has 1 aromatic heterocycles. The lowest BCUT2D eigenvalue weighted by Gasteiger charge is -2.29. The largest absolute Gasteiger partial charge is 0.507 e. The number of benzene rings is 2. The molecule has 1 heterocycles. The second-order valence-electron chi connectivity index (χ2n) is 10.2. The van der Waals surface area contributed by atoms with Gasteiger partial charge in [0.15, 0.2) is 16.9 Å². The summed E-state index contributed by atoms with van der Waals surface area (Å²) in [6, 6.07) is 0.991. The first-order valence-corrected chi connectivity index (χ1v) is 12.1. The molecule has 194 valence electrons. The molecule has 0 saturated carbocycles. The molecule has 1 unspecified atom stereocenters. The van der Waals surface area contributed by atoms with Crippen molar-refractivity contribution in [3.8, 4) is 40.1 Å². The predicted octanol–water partition coefficient (Wildman–Crippen LogP) is 6.22. The van der Waals surface area contributed by atoms with Crippen molar-refractivity contribution in [2.75, 3.05) is 0 Å². The van der Waals surface area contributed by atoms with Crippen molar-refractivity contribution < 1.29 is 29.9 Å². The molecular weight excluding hydrogens is 472 g/mol. The standard InChI is InChI=1S/C30H32O7/c1-13(2)7-9-16-25(33)17(10-8-14(3)4)29-24(26(16)34)27(35)19-11-18(15(5)6)22-23(30(19)37-29)20(31)12-21(32)28(22)36/h7-8,12,18,31-34,36H,5,9-11H2,1-4,6H3. The highest BCUT2D eigenvalue weighted by atomic mass is 16.3. The van der Waals surface area contributed by atoms with Gasteiger partial charge < -0.3 is 29.9 Å². The fourth-order valence-corrected chi connectivity index (χ4v) is 4.90. The lowest BCUT2D eigenvalue weighted by atomic mass is 9.77. The Kier molecular flexibility index (Phi) is 6.59. The van der Waals surface area contributed by atoms with Crippen LogP contribution in [0.25, 0.3) is 22.3 Å². The zero-order chi connectivity index (χ0) is 27.3. The topological polar surface area (TPSA) is 131 Å². The molecule has 0 fully saturated rings. The number of allylic oxidation sites excluding steroid dienone is 5. The van der Waals surface area contributed by atoms with E-state index in [1.165, 1.54) is 0 Å². The summed E-state index contributed by atoms with van der Waals surface area (Å²) >= 11 is 0. The molecule has 0 aliphatic heterocycles. The number of aromatic hydroxyl groups is 5. The van der Waals surface area contributed by atoms with Gasteiger partial charge in [-0.3, -0.25) is 4.79 Å². The maximum atomic E-state index is 14.0. The molecule has 1 atom stereocenters. The quantitative estimate of drug-likeness (QED) is 0.158. The summed E-state index contributed by atoms with van der Waals surface area (Å²) in [5, 5.41) is 54.1. The minimum absolute atomic E-state index is 0.00360. The number of rotatable bonds is 5. The van der Waals surface area contributed by atoms with Gasteiger partial charge in [-0.1, -0.05) is 35.5 Å². The SMILES string of the molecule is C=C(C)C1Cc2c(oc3c(CC=C(C)C)c(O)c(CC=C(C)C)c(O)c3c2=O)-c2c(O)cc(O)c(O)c21. The molecule has 1 aliphatic carbocycles. The van der Waals surface area contributed by atoms with Crippen LogP contribution >= 0.6 is 0 Å². The van der Waals surface area contributed by atoms with E-state index in [1.807, 2.05) is 39.8 Å². The molecule has 1 aliphatic rings. The van der Waals surface area contributed by atoms with Crippen LogP contribution in [0.3, 0.4) is 0 Å². The van der Waals surface area contributed by atoms with Gasteiger partial charge >= 0.3 is 0 Å². The molecule has 5 N–H and O–H groups in total. The van der Waals surface area contributed by atoms with Gasteiger partial charge in [-0.2, -0.15) is 0 Å². The van der Waals surface area contributed by atoms with Crippen molar-refractivity contribution in [1.82, 2.24) is 0 Å². The zero-order valence-electron chi connectivity index (χ0n) is 21.7.